The van der Waals surface area contributed by atoms with E-state index in [0.717, 1.165) is 0 Å². The Morgan fingerprint density at radius 2 is 1.81 bits per heavy atom. The summed E-state index contributed by atoms with van der Waals surface area (Å²) in [5.74, 6) is -2.89. The predicted molar refractivity (Wildman–Crippen MR) is 89.1 cm³/mol. The molecule has 0 aliphatic rings. The molecule has 0 saturated heterocycles. The number of rotatable bonds is 6. The fraction of sp³-hybridized carbons (Fsp3) is 0.375. The van der Waals surface area contributed by atoms with E-state index in [1.807, 2.05) is 0 Å². The maximum Gasteiger partial charge on any atom is 0.451 e. The summed E-state index contributed by atoms with van der Waals surface area (Å²) in [6.07, 6.45) is -4.71. The molecule has 2 amide bonds. The molecule has 0 saturated carbocycles. The van der Waals surface area contributed by atoms with Crippen LogP contribution >= 0.6 is 0 Å². The lowest BCUT2D eigenvalue weighted by molar-refractivity contribution is -0.144. The molecular weight excluding hydrogens is 367 g/mol. The van der Waals surface area contributed by atoms with Crippen LogP contribution in [0.25, 0.3) is 0 Å². The molecule has 27 heavy (non-hydrogen) atoms. The van der Waals surface area contributed by atoms with E-state index < -0.39 is 35.8 Å². The maximum absolute atomic E-state index is 12.5. The lowest BCUT2D eigenvalue weighted by Crippen LogP contribution is -2.47. The average Bonchev–Trinajstić information content (AvgIpc) is 3.08. The third kappa shape index (κ3) is 5.19. The molecule has 11 heteroatoms. The molecule has 1 unspecified atom stereocenters. The van der Waals surface area contributed by atoms with E-state index in [1.165, 1.54) is 19.2 Å². The molecule has 0 radical (unpaired) electrons. The molecule has 0 fully saturated rings. The van der Waals surface area contributed by atoms with Gasteiger partial charge in [-0.15, -0.1) is 5.10 Å². The topological polar surface area (TPSA) is 109 Å². The number of nitrogens with zero attached hydrogens (tertiary/aromatic N) is 2. The Labute approximate surface area is 152 Å². The summed E-state index contributed by atoms with van der Waals surface area (Å²) in [6, 6.07) is 5.22. The number of anilines is 1. The number of amides is 2. The molecule has 1 aromatic heterocycles. The highest BCUT2D eigenvalue weighted by Crippen LogP contribution is 2.26. The molecule has 0 spiro atoms. The summed E-state index contributed by atoms with van der Waals surface area (Å²) in [4.78, 5) is 27.9. The van der Waals surface area contributed by atoms with Crippen molar-refractivity contribution in [3.05, 3.63) is 35.7 Å². The Bertz CT molecular complexity index is 802. The van der Waals surface area contributed by atoms with Gasteiger partial charge in [0.15, 0.2) is 0 Å². The van der Waals surface area contributed by atoms with Crippen LogP contribution in [0.2, 0.25) is 0 Å². The first-order valence-corrected chi connectivity index (χ1v) is 7.87. The third-order valence-electron chi connectivity index (χ3n) is 3.58. The molecule has 1 heterocycles. The molecule has 0 aliphatic carbocycles. The van der Waals surface area contributed by atoms with E-state index in [0.29, 0.717) is 11.3 Å². The Morgan fingerprint density at radius 3 is 2.30 bits per heavy atom. The Hall–Kier alpha value is -3.11. The lowest BCUT2D eigenvalue weighted by atomic mass is 10.0. The zero-order valence-corrected chi connectivity index (χ0v) is 14.7. The Kier molecular flexibility index (Phi) is 6.03. The van der Waals surface area contributed by atoms with E-state index in [-0.39, 0.29) is 5.92 Å². The molecule has 146 valence electrons. The van der Waals surface area contributed by atoms with Crippen LogP contribution in [0.5, 0.6) is 5.75 Å². The van der Waals surface area contributed by atoms with Gasteiger partial charge in [0, 0.05) is 5.56 Å². The van der Waals surface area contributed by atoms with Crippen molar-refractivity contribution in [2.75, 3.05) is 12.4 Å². The summed E-state index contributed by atoms with van der Waals surface area (Å²) in [7, 11) is 1.49. The molecule has 0 aliphatic heterocycles. The largest absolute Gasteiger partial charge is 0.497 e. The second-order valence-electron chi connectivity index (χ2n) is 5.92. The number of hydrogen-bond donors (Lipinski definition) is 3. The normalized spacial score (nSPS) is 12.6. The molecule has 8 nitrogen and oxygen atoms in total. The number of nitrogens with one attached hydrogen (secondary N) is 3. The smallest absolute Gasteiger partial charge is 0.451 e. The Morgan fingerprint density at radius 1 is 1.19 bits per heavy atom. The number of aromatic nitrogens is 3. The van der Waals surface area contributed by atoms with Crippen molar-refractivity contribution in [3.8, 4) is 5.75 Å². The summed E-state index contributed by atoms with van der Waals surface area (Å²) < 4.78 is 42.6. The highest BCUT2D eigenvalue weighted by atomic mass is 19.4. The lowest BCUT2D eigenvalue weighted by Gasteiger charge is -2.21. The predicted octanol–water partition coefficient (Wildman–Crippen LogP) is 2.23. The van der Waals surface area contributed by atoms with Gasteiger partial charge in [-0.05, 0) is 30.2 Å². The first-order chi connectivity index (χ1) is 12.6. The summed E-state index contributed by atoms with van der Waals surface area (Å²) in [5, 5.41) is 9.71. The van der Waals surface area contributed by atoms with Crippen molar-refractivity contribution < 1.29 is 27.5 Å². The standard InChI is InChI=1S/C16H18F3N5O3/c1-8(2)11(20-12(25)9-4-6-10(27-3)7-5-9)13(26)21-15-22-14(23-24-15)16(17,18)19/h4-8,11H,1-3H3,(H,20,25)(H2,21,22,23,24,26). The average molecular weight is 385 g/mol. The zero-order valence-electron chi connectivity index (χ0n) is 14.7. The van der Waals surface area contributed by atoms with Crippen LogP contribution in [-0.4, -0.2) is 40.1 Å². The highest BCUT2D eigenvalue weighted by molar-refractivity contribution is 6.00. The molecule has 1 aromatic carbocycles. The number of hydrogen-bond acceptors (Lipinski definition) is 5. The van der Waals surface area contributed by atoms with Crippen molar-refractivity contribution in [3.63, 3.8) is 0 Å². The van der Waals surface area contributed by atoms with E-state index >= 15 is 0 Å². The molecule has 2 aromatic rings. The van der Waals surface area contributed by atoms with Crippen LogP contribution in [0, 0.1) is 5.92 Å². The zero-order chi connectivity index (χ0) is 20.2. The van der Waals surface area contributed by atoms with E-state index in [2.05, 4.69) is 20.7 Å². The molecule has 1 atom stereocenters. The van der Waals surface area contributed by atoms with Gasteiger partial charge in [-0.1, -0.05) is 13.8 Å². The minimum atomic E-state index is -4.71. The number of carbonyl (C=O) groups is 2. The number of methoxy groups -OCH3 is 1. The van der Waals surface area contributed by atoms with Crippen LogP contribution in [0.3, 0.4) is 0 Å². The van der Waals surface area contributed by atoms with Crippen LogP contribution in [0.1, 0.15) is 30.0 Å². The third-order valence-corrected chi connectivity index (χ3v) is 3.58. The van der Waals surface area contributed by atoms with Crippen LogP contribution < -0.4 is 15.4 Å². The van der Waals surface area contributed by atoms with E-state index in [9.17, 15) is 22.8 Å². The summed E-state index contributed by atoms with van der Waals surface area (Å²) >= 11 is 0. The van der Waals surface area contributed by atoms with Crippen molar-refractivity contribution in [2.45, 2.75) is 26.1 Å². The number of ether oxygens (including phenoxy) is 1. The molecule has 0 bridgehead atoms. The van der Waals surface area contributed by atoms with Gasteiger partial charge in [-0.25, -0.2) is 0 Å². The maximum atomic E-state index is 12.5. The van der Waals surface area contributed by atoms with Crippen LogP contribution in [0.4, 0.5) is 19.1 Å². The van der Waals surface area contributed by atoms with Crippen molar-refractivity contribution in [1.29, 1.82) is 0 Å². The van der Waals surface area contributed by atoms with Gasteiger partial charge in [0.2, 0.25) is 17.7 Å². The SMILES string of the molecule is COc1ccc(C(=O)NC(C(=O)Nc2n[nH]c(C(F)(F)F)n2)C(C)C)cc1. The first-order valence-electron chi connectivity index (χ1n) is 7.87. The summed E-state index contributed by atoms with van der Waals surface area (Å²) in [6.45, 7) is 3.36. The first kappa shape index (κ1) is 20.2. The van der Waals surface area contributed by atoms with Gasteiger partial charge >= 0.3 is 6.18 Å². The second kappa shape index (κ2) is 8.06. The van der Waals surface area contributed by atoms with Gasteiger partial charge in [0.1, 0.15) is 11.8 Å². The van der Waals surface area contributed by atoms with Gasteiger partial charge in [-0.3, -0.25) is 20.0 Å². The van der Waals surface area contributed by atoms with Gasteiger partial charge in [0.25, 0.3) is 5.91 Å². The minimum absolute atomic E-state index is 0.298. The van der Waals surface area contributed by atoms with E-state index in [1.54, 1.807) is 31.1 Å². The van der Waals surface area contributed by atoms with Crippen LogP contribution in [0.15, 0.2) is 24.3 Å². The molecular formula is C16H18F3N5O3. The number of carbonyl (C=O) groups excluding carboxylic acids is 2. The fourth-order valence-electron chi connectivity index (χ4n) is 2.13. The number of alkyl halides is 3. The monoisotopic (exact) mass is 385 g/mol. The fourth-order valence-corrected chi connectivity index (χ4v) is 2.13. The number of aromatic amines is 1. The van der Waals surface area contributed by atoms with Crippen molar-refractivity contribution in [1.82, 2.24) is 20.5 Å². The van der Waals surface area contributed by atoms with Gasteiger partial charge in [0.05, 0.1) is 7.11 Å². The number of halogens is 3. The van der Waals surface area contributed by atoms with Gasteiger partial charge < -0.3 is 10.1 Å². The van der Waals surface area contributed by atoms with E-state index in [4.69, 9.17) is 4.74 Å². The molecule has 2 rings (SSSR count). The van der Waals surface area contributed by atoms with Gasteiger partial charge in [-0.2, -0.15) is 18.2 Å². The second-order valence-corrected chi connectivity index (χ2v) is 5.92. The summed E-state index contributed by atoms with van der Waals surface area (Å²) in [5.41, 5.74) is 0.298. The molecule has 3 N–H and O–H groups in total. The van der Waals surface area contributed by atoms with Crippen LogP contribution in [-0.2, 0) is 11.0 Å². The minimum Gasteiger partial charge on any atom is -0.497 e. The highest BCUT2D eigenvalue weighted by Gasteiger charge is 2.36. The number of benzene rings is 1. The van der Waals surface area contributed by atoms with Crippen molar-refractivity contribution in [2.24, 2.45) is 5.92 Å². The number of H-pyrrole nitrogens is 1. The Balaban J connectivity index is 2.08. The van der Waals surface area contributed by atoms with Crippen molar-refractivity contribution >= 4 is 17.8 Å². The quantitative estimate of drug-likeness (QED) is 0.707.